The second kappa shape index (κ2) is 17.1. The molecule has 1 heterocycles. The third-order valence-electron chi connectivity index (χ3n) is 17.1. The van der Waals surface area contributed by atoms with Crippen LogP contribution in [0.15, 0.2) is 162 Å². The highest BCUT2D eigenvalue weighted by Crippen LogP contribution is 2.45. The lowest BCUT2D eigenvalue weighted by molar-refractivity contribution is 0.557. The minimum Gasteiger partial charge on any atom is -0.317 e. The molecule has 3 unspecified atom stereocenters. The minimum atomic E-state index is 0.282. The monoisotopic (exact) mass is 904 g/mol. The Morgan fingerprint density at radius 3 is 1.53 bits per heavy atom. The van der Waals surface area contributed by atoms with E-state index in [0.29, 0.717) is 11.8 Å². The molecule has 6 aromatic rings. The van der Waals surface area contributed by atoms with Gasteiger partial charge in [-0.1, -0.05) is 163 Å². The van der Waals surface area contributed by atoms with Crippen molar-refractivity contribution in [2.45, 2.75) is 96.4 Å². The molecule has 0 N–H and O–H groups in total. The largest absolute Gasteiger partial charge is 0.317 e. The molecule has 2 nitrogen and oxygen atoms in total. The Morgan fingerprint density at radius 2 is 0.986 bits per heavy atom. The van der Waals surface area contributed by atoms with Gasteiger partial charge in [0.1, 0.15) is 5.82 Å². The second-order valence-corrected chi connectivity index (χ2v) is 21.3. The summed E-state index contributed by atoms with van der Waals surface area (Å²) in [5.41, 5.74) is 20.0. The van der Waals surface area contributed by atoms with Crippen molar-refractivity contribution in [3.63, 3.8) is 0 Å². The minimum absolute atomic E-state index is 0.282. The smallest absolute Gasteiger partial charge is 0.137 e. The van der Waals surface area contributed by atoms with Crippen LogP contribution in [0.2, 0.25) is 0 Å². The molecule has 70 heavy (non-hydrogen) atoms. The van der Waals surface area contributed by atoms with Crippen LogP contribution >= 0.6 is 0 Å². The van der Waals surface area contributed by atoms with Gasteiger partial charge in [0.15, 0.2) is 0 Å². The molecule has 1 aromatic heterocycles. The van der Waals surface area contributed by atoms with Gasteiger partial charge in [-0.2, -0.15) is 0 Å². The summed E-state index contributed by atoms with van der Waals surface area (Å²) in [6.45, 7) is 2.29. The molecule has 0 amide bonds. The molecule has 0 bridgehead atoms. The fraction of sp³-hybridized carbons (Fsp3) is 0.250. The van der Waals surface area contributed by atoms with Crippen molar-refractivity contribution >= 4 is 84.7 Å². The molecule has 3 atom stereocenters. The van der Waals surface area contributed by atoms with E-state index in [1.165, 1.54) is 128 Å². The van der Waals surface area contributed by atoms with Crippen molar-refractivity contribution < 1.29 is 0 Å². The van der Waals surface area contributed by atoms with Gasteiger partial charge in [-0.15, -0.1) is 0 Å². The zero-order valence-corrected chi connectivity index (χ0v) is 40.5. The molecular weight excluding hydrogens is 845 g/mol. The topological polar surface area (TPSA) is 17.8 Å². The lowest BCUT2D eigenvalue weighted by Gasteiger charge is -2.30. The summed E-state index contributed by atoms with van der Waals surface area (Å²) in [5, 5.41) is 11.5. The Morgan fingerprint density at radius 1 is 0.486 bits per heavy atom. The molecule has 0 fully saturated rings. The van der Waals surface area contributed by atoms with E-state index in [1.807, 2.05) is 0 Å². The Kier molecular flexibility index (Phi) is 10.3. The summed E-state index contributed by atoms with van der Waals surface area (Å²) in [6, 6.07) is 27.7. The van der Waals surface area contributed by atoms with Crippen molar-refractivity contribution in [1.29, 1.82) is 0 Å². The Labute approximate surface area is 411 Å². The maximum absolute atomic E-state index is 5.29. The zero-order chi connectivity index (χ0) is 46.3. The summed E-state index contributed by atoms with van der Waals surface area (Å²) >= 11 is 0. The van der Waals surface area contributed by atoms with Crippen LogP contribution in [-0.4, -0.2) is 9.55 Å². The fourth-order valence-electron chi connectivity index (χ4n) is 13.9. The predicted octanol–water partition coefficient (Wildman–Crippen LogP) is 14.6. The average Bonchev–Trinajstić information content (AvgIpc) is 3.81. The van der Waals surface area contributed by atoms with Crippen LogP contribution in [0.4, 0.5) is 0 Å². The van der Waals surface area contributed by atoms with E-state index in [1.54, 1.807) is 0 Å². The van der Waals surface area contributed by atoms with Gasteiger partial charge in [-0.25, -0.2) is 4.98 Å². The lowest BCUT2D eigenvalue weighted by atomic mass is 9.75. The number of hydrogen-bond donors (Lipinski definition) is 0. The first-order valence-electron chi connectivity index (χ1n) is 26.5. The zero-order valence-electron chi connectivity index (χ0n) is 40.5. The van der Waals surface area contributed by atoms with Gasteiger partial charge in [0.2, 0.25) is 0 Å². The first-order chi connectivity index (χ1) is 34.6. The fourth-order valence-corrected chi connectivity index (χ4v) is 13.9. The number of imidazole rings is 1. The van der Waals surface area contributed by atoms with E-state index in [9.17, 15) is 0 Å². The summed E-state index contributed by atoms with van der Waals surface area (Å²) in [5.74, 6) is 2.29. The second-order valence-electron chi connectivity index (χ2n) is 21.3. The molecule has 5 aromatic carbocycles. The van der Waals surface area contributed by atoms with Crippen LogP contribution in [0.3, 0.4) is 0 Å². The van der Waals surface area contributed by atoms with Crippen LogP contribution in [0.5, 0.6) is 0 Å². The molecule has 0 aliphatic heterocycles. The summed E-state index contributed by atoms with van der Waals surface area (Å²) in [7, 11) is 0. The molecule has 8 aliphatic rings. The van der Waals surface area contributed by atoms with Gasteiger partial charge >= 0.3 is 0 Å². The van der Waals surface area contributed by atoms with Crippen LogP contribution in [0.1, 0.15) is 125 Å². The summed E-state index contributed by atoms with van der Waals surface area (Å²) in [6.07, 6.45) is 53.3. The van der Waals surface area contributed by atoms with Crippen molar-refractivity contribution in [2.24, 2.45) is 11.8 Å². The maximum Gasteiger partial charge on any atom is 0.137 e. The predicted molar refractivity (Wildman–Crippen MR) is 298 cm³/mol. The van der Waals surface area contributed by atoms with Crippen molar-refractivity contribution in [3.05, 3.63) is 211 Å². The molecule has 0 saturated heterocycles. The van der Waals surface area contributed by atoms with E-state index < -0.39 is 0 Å². The number of para-hydroxylation sites is 2. The Balaban J connectivity index is 0.854. The van der Waals surface area contributed by atoms with E-state index in [2.05, 4.69) is 182 Å². The molecule has 342 valence electrons. The number of nitrogens with zero attached hydrogens (tertiary/aromatic N) is 2. The number of fused-ring (bicyclic) bond motifs is 7. The normalized spacial score (nSPS) is 22.5. The molecule has 0 saturated carbocycles. The van der Waals surface area contributed by atoms with E-state index >= 15 is 0 Å². The molecule has 0 radical (unpaired) electrons. The third-order valence-corrected chi connectivity index (χ3v) is 17.1. The Bertz CT molecular complexity index is 3870. The quantitative estimate of drug-likeness (QED) is 0.163. The summed E-state index contributed by atoms with van der Waals surface area (Å²) in [4.78, 5) is 5.29. The highest BCUT2D eigenvalue weighted by Gasteiger charge is 2.30. The highest BCUT2D eigenvalue weighted by atomic mass is 15.1. The van der Waals surface area contributed by atoms with Gasteiger partial charge in [0.25, 0.3) is 0 Å². The molecule has 14 rings (SSSR count). The van der Waals surface area contributed by atoms with Crippen molar-refractivity contribution in [2.75, 3.05) is 0 Å². The van der Waals surface area contributed by atoms with Gasteiger partial charge in [-0.05, 0) is 218 Å². The standard InChI is InChI=1S/C68H60N2/c1-43-27-28-47-40-50(36-33-46(47)39-43)66-58-21-9-5-17-54(58)64(55-18-6-10-22-59(55)66)44-29-31-45(32-30-44)65-56-19-7-11-23-60(56)67(61-24-12-8-20-57(61)65)51-37-34-49-42-52(38-35-48(49)41-51)68-69-62-25-13-14-26-63(62)70(68)53-15-3-2-4-16-53/h2-5,7,9,11,13-15,17-29,31,35,38,40-41,46,49,53H,6,8,10,12,16,30,32-34,36-37,39,42H2,1H3. The SMILES string of the molecule is CC1=CC=C2C=C(c3c4c(c(C5=CC=C(c6c7c(c(C8=CC9=CC=C(c%10nc%11ccccc%11n%10C%10C=CC=CC%10)CC9CC8)c8ccccc68)=CCCC=7)CC5)c5ccccc35)=CCCC=4)CCC2C1. The van der Waals surface area contributed by atoms with Crippen LogP contribution < -0.4 is 20.9 Å². The van der Waals surface area contributed by atoms with Crippen LogP contribution in [0.25, 0.3) is 84.7 Å². The number of rotatable bonds is 6. The van der Waals surface area contributed by atoms with Crippen LogP contribution in [-0.2, 0) is 0 Å². The molecule has 8 aliphatic carbocycles. The number of benzene rings is 5. The number of allylic oxidation sites excluding steroid dienone is 20. The van der Waals surface area contributed by atoms with Gasteiger partial charge in [-0.3, -0.25) is 0 Å². The first kappa shape index (κ1) is 41.9. The van der Waals surface area contributed by atoms with Crippen LogP contribution in [0, 0.1) is 11.8 Å². The van der Waals surface area contributed by atoms with E-state index in [4.69, 9.17) is 4.98 Å². The van der Waals surface area contributed by atoms with Gasteiger partial charge in [0, 0.05) is 0 Å². The molecular formula is C68H60N2. The van der Waals surface area contributed by atoms with Crippen molar-refractivity contribution in [1.82, 2.24) is 9.55 Å². The lowest BCUT2D eigenvalue weighted by Crippen LogP contribution is -2.35. The molecule has 0 spiro atoms. The number of aromatic nitrogens is 2. The highest BCUT2D eigenvalue weighted by molar-refractivity contribution is 6.05. The Hall–Kier alpha value is -7.03. The average molecular weight is 905 g/mol. The number of hydrogen-bond acceptors (Lipinski definition) is 1. The van der Waals surface area contributed by atoms with Gasteiger partial charge < -0.3 is 4.57 Å². The summed E-state index contributed by atoms with van der Waals surface area (Å²) < 4.78 is 2.50. The van der Waals surface area contributed by atoms with Gasteiger partial charge in [0.05, 0.1) is 17.1 Å². The molecule has 2 heteroatoms. The van der Waals surface area contributed by atoms with E-state index in [-0.39, 0.29) is 6.04 Å². The van der Waals surface area contributed by atoms with E-state index in [0.717, 1.165) is 82.0 Å². The third kappa shape index (κ3) is 6.92. The van der Waals surface area contributed by atoms with Crippen molar-refractivity contribution in [3.8, 4) is 0 Å². The first-order valence-corrected chi connectivity index (χ1v) is 26.5. The maximum atomic E-state index is 5.29.